The van der Waals surface area contributed by atoms with Gasteiger partial charge in [0.2, 0.25) is 0 Å². The summed E-state index contributed by atoms with van der Waals surface area (Å²) in [6, 6.07) is 16.9. The zero-order valence-electron chi connectivity index (χ0n) is 21.2. The fourth-order valence-corrected chi connectivity index (χ4v) is 3.85. The number of benzene rings is 3. The molecule has 4 rings (SSSR count). The van der Waals surface area contributed by atoms with E-state index in [0.29, 0.717) is 41.7 Å². The molecule has 8 nitrogen and oxygen atoms in total. The van der Waals surface area contributed by atoms with Gasteiger partial charge >= 0.3 is 6.03 Å². The lowest BCUT2D eigenvalue weighted by Crippen LogP contribution is -2.54. The smallest absolute Gasteiger partial charge is 0.335 e. The Hall–Kier alpha value is -4.59. The fourth-order valence-electron chi connectivity index (χ4n) is 3.85. The minimum Gasteiger partial charge on any atom is -0.497 e. The number of nitrogens with one attached hydrogen (secondary N) is 1. The van der Waals surface area contributed by atoms with Gasteiger partial charge in [0.15, 0.2) is 11.5 Å². The second-order valence-corrected chi connectivity index (χ2v) is 8.50. The lowest BCUT2D eigenvalue weighted by Gasteiger charge is -2.26. The van der Waals surface area contributed by atoms with Gasteiger partial charge in [-0.3, -0.25) is 14.9 Å². The van der Waals surface area contributed by atoms with Gasteiger partial charge in [-0.1, -0.05) is 24.3 Å². The molecule has 4 amide bonds. The average Bonchev–Trinajstić information content (AvgIpc) is 2.88. The van der Waals surface area contributed by atoms with Gasteiger partial charge in [-0.25, -0.2) is 9.69 Å². The lowest BCUT2D eigenvalue weighted by molar-refractivity contribution is -0.122. The average molecular weight is 501 g/mol. The number of hydrogen-bond acceptors (Lipinski definition) is 6. The van der Waals surface area contributed by atoms with Crippen molar-refractivity contribution in [3.05, 3.63) is 88.5 Å². The molecule has 0 aromatic heterocycles. The third-order valence-electron chi connectivity index (χ3n) is 5.98. The molecule has 0 spiro atoms. The lowest BCUT2D eigenvalue weighted by atomic mass is 10.1. The van der Waals surface area contributed by atoms with Crippen molar-refractivity contribution in [1.29, 1.82) is 0 Å². The molecule has 0 aliphatic carbocycles. The molecule has 0 bridgehead atoms. The number of ether oxygens (including phenoxy) is 3. The molecule has 37 heavy (non-hydrogen) atoms. The Morgan fingerprint density at radius 3 is 2.30 bits per heavy atom. The second kappa shape index (κ2) is 11.0. The van der Waals surface area contributed by atoms with Crippen LogP contribution in [0, 0.1) is 13.8 Å². The van der Waals surface area contributed by atoms with Crippen molar-refractivity contribution in [2.75, 3.05) is 18.6 Å². The van der Waals surface area contributed by atoms with E-state index >= 15 is 0 Å². The number of amides is 4. The molecule has 1 saturated heterocycles. The minimum absolute atomic E-state index is 0.179. The summed E-state index contributed by atoms with van der Waals surface area (Å²) in [5.41, 5.74) is 4.11. The molecule has 1 heterocycles. The van der Waals surface area contributed by atoms with Crippen LogP contribution in [0.1, 0.15) is 29.2 Å². The van der Waals surface area contributed by atoms with Crippen molar-refractivity contribution in [2.45, 2.75) is 27.4 Å². The van der Waals surface area contributed by atoms with Crippen LogP contribution in [-0.2, 0) is 16.2 Å². The molecule has 190 valence electrons. The number of anilines is 1. The molecule has 1 aliphatic rings. The highest BCUT2D eigenvalue weighted by atomic mass is 16.5. The number of nitrogens with zero attached hydrogens (tertiary/aromatic N) is 1. The van der Waals surface area contributed by atoms with Crippen molar-refractivity contribution in [2.24, 2.45) is 0 Å². The van der Waals surface area contributed by atoms with Crippen LogP contribution in [0.2, 0.25) is 0 Å². The third-order valence-corrected chi connectivity index (χ3v) is 5.98. The van der Waals surface area contributed by atoms with E-state index < -0.39 is 17.8 Å². The Bertz CT molecular complexity index is 1380. The number of carbonyl (C=O) groups is 3. The first kappa shape index (κ1) is 25.5. The van der Waals surface area contributed by atoms with Gasteiger partial charge in [-0.2, -0.15) is 0 Å². The van der Waals surface area contributed by atoms with Crippen LogP contribution in [0.5, 0.6) is 17.2 Å². The topological polar surface area (TPSA) is 94.2 Å². The zero-order chi connectivity index (χ0) is 26.5. The Labute approximate surface area is 215 Å². The summed E-state index contributed by atoms with van der Waals surface area (Å²) in [4.78, 5) is 39.1. The number of imide groups is 2. The van der Waals surface area contributed by atoms with Gasteiger partial charge in [-0.05, 0) is 85.5 Å². The summed E-state index contributed by atoms with van der Waals surface area (Å²) < 4.78 is 16.9. The second-order valence-electron chi connectivity index (χ2n) is 8.50. The molecule has 0 radical (unpaired) electrons. The maximum Gasteiger partial charge on any atom is 0.335 e. The number of rotatable bonds is 8. The van der Waals surface area contributed by atoms with E-state index in [0.717, 1.165) is 10.5 Å². The number of hydrogen-bond donors (Lipinski definition) is 1. The molecule has 0 atom stereocenters. The third kappa shape index (κ3) is 5.64. The maximum absolute atomic E-state index is 13.2. The SMILES string of the molecule is CCOc1cc(/C=C2\C(=O)NC(=O)N(c3ccc(OC)cc3)C2=O)ccc1OCc1ccc(C)c(C)c1. The first-order valence-electron chi connectivity index (χ1n) is 11.8. The molecule has 8 heteroatoms. The normalized spacial score (nSPS) is 14.5. The Morgan fingerprint density at radius 2 is 1.62 bits per heavy atom. The molecule has 0 unspecified atom stereocenters. The number of carbonyl (C=O) groups excluding carboxylic acids is 3. The van der Waals surface area contributed by atoms with E-state index in [1.807, 2.05) is 13.0 Å². The van der Waals surface area contributed by atoms with E-state index in [1.165, 1.54) is 24.3 Å². The zero-order valence-corrected chi connectivity index (χ0v) is 21.2. The number of methoxy groups -OCH3 is 1. The van der Waals surface area contributed by atoms with Crippen molar-refractivity contribution in [3.63, 3.8) is 0 Å². The van der Waals surface area contributed by atoms with E-state index in [4.69, 9.17) is 14.2 Å². The first-order chi connectivity index (χ1) is 17.8. The number of urea groups is 1. The molecule has 1 N–H and O–H groups in total. The van der Waals surface area contributed by atoms with E-state index in [1.54, 1.807) is 42.5 Å². The molecule has 0 saturated carbocycles. The van der Waals surface area contributed by atoms with E-state index in [2.05, 4.69) is 31.3 Å². The molecular formula is C29H28N2O6. The van der Waals surface area contributed by atoms with Crippen LogP contribution < -0.4 is 24.4 Å². The largest absolute Gasteiger partial charge is 0.497 e. The predicted molar refractivity (Wildman–Crippen MR) is 140 cm³/mol. The van der Waals surface area contributed by atoms with Gasteiger partial charge in [0, 0.05) is 0 Å². The van der Waals surface area contributed by atoms with Crippen LogP contribution in [0.3, 0.4) is 0 Å². The van der Waals surface area contributed by atoms with Crippen LogP contribution in [-0.4, -0.2) is 31.6 Å². The van der Waals surface area contributed by atoms with Gasteiger partial charge in [0.1, 0.15) is 17.9 Å². The standard InChI is InChI=1S/C29H28N2O6/c1-5-36-26-16-20(8-13-25(26)37-17-21-7-6-18(2)19(3)14-21)15-24-27(32)30-29(34)31(28(24)33)22-9-11-23(35-4)12-10-22/h6-16H,5,17H2,1-4H3,(H,30,32,34)/b24-15+. The Kier molecular flexibility index (Phi) is 7.57. The summed E-state index contributed by atoms with van der Waals surface area (Å²) in [6.45, 7) is 6.73. The molecule has 3 aromatic rings. The highest BCUT2D eigenvalue weighted by Crippen LogP contribution is 2.31. The monoisotopic (exact) mass is 500 g/mol. The summed E-state index contributed by atoms with van der Waals surface area (Å²) in [7, 11) is 1.52. The number of barbiturate groups is 1. The van der Waals surface area contributed by atoms with Gasteiger partial charge in [-0.15, -0.1) is 0 Å². The van der Waals surface area contributed by atoms with Crippen molar-refractivity contribution >= 4 is 29.6 Å². The fraction of sp³-hybridized carbons (Fsp3) is 0.207. The van der Waals surface area contributed by atoms with Gasteiger partial charge in [0.25, 0.3) is 11.8 Å². The minimum atomic E-state index is -0.817. The highest BCUT2D eigenvalue weighted by molar-refractivity contribution is 6.39. The number of aryl methyl sites for hydroxylation is 2. The van der Waals surface area contributed by atoms with Crippen LogP contribution in [0.15, 0.2) is 66.2 Å². The predicted octanol–water partition coefficient (Wildman–Crippen LogP) is 4.96. The molecular weight excluding hydrogens is 472 g/mol. The Morgan fingerprint density at radius 1 is 0.865 bits per heavy atom. The van der Waals surface area contributed by atoms with Gasteiger partial charge in [0.05, 0.1) is 19.4 Å². The van der Waals surface area contributed by atoms with E-state index in [9.17, 15) is 14.4 Å². The van der Waals surface area contributed by atoms with Crippen molar-refractivity contribution < 1.29 is 28.6 Å². The quantitative estimate of drug-likeness (QED) is 0.347. The summed E-state index contributed by atoms with van der Waals surface area (Å²) in [5.74, 6) is 0.0904. The molecule has 1 aliphatic heterocycles. The highest BCUT2D eigenvalue weighted by Gasteiger charge is 2.36. The van der Waals surface area contributed by atoms with E-state index in [-0.39, 0.29) is 5.57 Å². The molecule has 1 fully saturated rings. The summed E-state index contributed by atoms with van der Waals surface area (Å²) in [5, 5.41) is 2.23. The summed E-state index contributed by atoms with van der Waals surface area (Å²) >= 11 is 0. The Balaban J connectivity index is 1.59. The van der Waals surface area contributed by atoms with Gasteiger partial charge < -0.3 is 14.2 Å². The van der Waals surface area contributed by atoms with Crippen LogP contribution >= 0.6 is 0 Å². The maximum atomic E-state index is 13.2. The van der Waals surface area contributed by atoms with Crippen LogP contribution in [0.25, 0.3) is 6.08 Å². The molecule has 3 aromatic carbocycles. The van der Waals surface area contributed by atoms with Crippen LogP contribution in [0.4, 0.5) is 10.5 Å². The van der Waals surface area contributed by atoms with Crippen molar-refractivity contribution in [3.8, 4) is 17.2 Å². The first-order valence-corrected chi connectivity index (χ1v) is 11.8. The summed E-state index contributed by atoms with van der Waals surface area (Å²) in [6.07, 6.45) is 1.43. The van der Waals surface area contributed by atoms with Crippen molar-refractivity contribution in [1.82, 2.24) is 5.32 Å².